The first-order chi connectivity index (χ1) is 7.65. The molecule has 0 bridgehead atoms. The zero-order valence-corrected chi connectivity index (χ0v) is 9.03. The first-order valence-corrected chi connectivity index (χ1v) is 4.83. The van der Waals surface area contributed by atoms with Gasteiger partial charge in [0, 0.05) is 13.0 Å². The van der Waals surface area contributed by atoms with E-state index in [4.69, 9.17) is 9.15 Å². The molecule has 0 atom stereocenters. The Labute approximate surface area is 92.1 Å². The van der Waals surface area contributed by atoms with E-state index in [1.807, 2.05) is 0 Å². The standard InChI is InChI=1S/C11H11FN2O2/c1-7-3-4-9(5-10(7)12)15-6-11-14-13-8(2)16-11/h3-5H,6H2,1-2H3. The Hall–Kier alpha value is -1.91. The van der Waals surface area contributed by atoms with Gasteiger partial charge in [0.15, 0.2) is 6.61 Å². The van der Waals surface area contributed by atoms with Gasteiger partial charge < -0.3 is 9.15 Å². The molecule has 0 N–H and O–H groups in total. The molecule has 0 unspecified atom stereocenters. The molecule has 84 valence electrons. The van der Waals surface area contributed by atoms with Crippen LogP contribution in [0.2, 0.25) is 0 Å². The van der Waals surface area contributed by atoms with E-state index in [1.165, 1.54) is 6.07 Å². The van der Waals surface area contributed by atoms with Crippen molar-refractivity contribution in [2.45, 2.75) is 20.5 Å². The summed E-state index contributed by atoms with van der Waals surface area (Å²) in [6, 6.07) is 4.68. The van der Waals surface area contributed by atoms with Crippen LogP contribution < -0.4 is 4.74 Å². The van der Waals surface area contributed by atoms with E-state index in [0.717, 1.165) is 0 Å². The lowest BCUT2D eigenvalue weighted by Gasteiger charge is -2.04. The molecule has 2 aromatic rings. The van der Waals surface area contributed by atoms with Gasteiger partial charge in [-0.2, -0.15) is 0 Å². The highest BCUT2D eigenvalue weighted by Crippen LogP contribution is 2.16. The van der Waals surface area contributed by atoms with Crippen LogP contribution in [0.5, 0.6) is 5.75 Å². The van der Waals surface area contributed by atoms with E-state index < -0.39 is 0 Å². The molecule has 0 aliphatic rings. The molecule has 0 radical (unpaired) electrons. The highest BCUT2D eigenvalue weighted by atomic mass is 19.1. The Balaban J connectivity index is 2.02. The Morgan fingerprint density at radius 1 is 1.31 bits per heavy atom. The molecule has 0 saturated heterocycles. The van der Waals surface area contributed by atoms with Crippen LogP contribution in [0.1, 0.15) is 17.3 Å². The molecule has 0 fully saturated rings. The van der Waals surface area contributed by atoms with Gasteiger partial charge in [-0.05, 0) is 18.6 Å². The fraction of sp³-hybridized carbons (Fsp3) is 0.273. The SMILES string of the molecule is Cc1nnc(COc2ccc(C)c(F)c2)o1. The number of hydrogen-bond acceptors (Lipinski definition) is 4. The van der Waals surface area contributed by atoms with E-state index in [9.17, 15) is 4.39 Å². The lowest BCUT2D eigenvalue weighted by Crippen LogP contribution is -1.96. The summed E-state index contributed by atoms with van der Waals surface area (Å²) in [7, 11) is 0. The molecule has 1 aromatic carbocycles. The van der Waals surface area contributed by atoms with Gasteiger partial charge in [0.25, 0.3) is 5.89 Å². The second-order valence-corrected chi connectivity index (χ2v) is 3.41. The average Bonchev–Trinajstić information content (AvgIpc) is 2.66. The van der Waals surface area contributed by atoms with Crippen molar-refractivity contribution in [1.29, 1.82) is 0 Å². The Morgan fingerprint density at radius 2 is 2.12 bits per heavy atom. The van der Waals surface area contributed by atoms with Crippen molar-refractivity contribution in [2.75, 3.05) is 0 Å². The lowest BCUT2D eigenvalue weighted by molar-refractivity contribution is 0.259. The van der Waals surface area contributed by atoms with Crippen molar-refractivity contribution < 1.29 is 13.5 Å². The maximum absolute atomic E-state index is 13.2. The van der Waals surface area contributed by atoms with Gasteiger partial charge in [0.2, 0.25) is 5.89 Å². The number of nitrogens with zero attached hydrogens (tertiary/aromatic N) is 2. The normalized spacial score (nSPS) is 10.4. The number of hydrogen-bond donors (Lipinski definition) is 0. The molecule has 16 heavy (non-hydrogen) atoms. The molecule has 2 rings (SSSR count). The van der Waals surface area contributed by atoms with Crippen molar-refractivity contribution >= 4 is 0 Å². The van der Waals surface area contributed by atoms with Gasteiger partial charge in [-0.1, -0.05) is 6.07 Å². The Morgan fingerprint density at radius 3 is 2.75 bits per heavy atom. The minimum atomic E-state index is -0.292. The van der Waals surface area contributed by atoms with Gasteiger partial charge >= 0.3 is 0 Å². The third kappa shape index (κ3) is 2.36. The molecule has 0 aliphatic heterocycles. The minimum absolute atomic E-state index is 0.142. The van der Waals surface area contributed by atoms with Gasteiger partial charge in [0.1, 0.15) is 11.6 Å². The Kier molecular flexibility index (Phi) is 2.85. The van der Waals surface area contributed by atoms with Crippen molar-refractivity contribution in [2.24, 2.45) is 0 Å². The summed E-state index contributed by atoms with van der Waals surface area (Å²) >= 11 is 0. The maximum atomic E-state index is 13.2. The third-order valence-corrected chi connectivity index (χ3v) is 2.07. The van der Waals surface area contributed by atoms with E-state index in [-0.39, 0.29) is 12.4 Å². The van der Waals surface area contributed by atoms with Crippen LogP contribution >= 0.6 is 0 Å². The monoisotopic (exact) mass is 222 g/mol. The number of benzene rings is 1. The lowest BCUT2D eigenvalue weighted by atomic mass is 10.2. The summed E-state index contributed by atoms with van der Waals surface area (Å²) in [6.45, 7) is 3.53. The first kappa shape index (κ1) is 10.6. The minimum Gasteiger partial charge on any atom is -0.484 e. The number of halogens is 1. The summed E-state index contributed by atoms with van der Waals surface area (Å²) in [5.41, 5.74) is 0.584. The second kappa shape index (κ2) is 4.30. The van der Waals surface area contributed by atoms with E-state index >= 15 is 0 Å². The summed E-state index contributed by atoms with van der Waals surface area (Å²) in [5, 5.41) is 7.43. The van der Waals surface area contributed by atoms with Crippen LogP contribution in [0, 0.1) is 19.7 Å². The number of ether oxygens (including phenoxy) is 1. The first-order valence-electron chi connectivity index (χ1n) is 4.83. The fourth-order valence-corrected chi connectivity index (χ4v) is 1.20. The maximum Gasteiger partial charge on any atom is 0.253 e. The molecule has 0 amide bonds. The van der Waals surface area contributed by atoms with E-state index in [0.29, 0.717) is 23.1 Å². The number of rotatable bonds is 3. The molecule has 1 heterocycles. The molecule has 0 saturated carbocycles. The van der Waals surface area contributed by atoms with Crippen LogP contribution in [0.4, 0.5) is 4.39 Å². The van der Waals surface area contributed by atoms with Crippen LogP contribution in [-0.2, 0) is 6.61 Å². The molecular formula is C11H11FN2O2. The number of aryl methyl sites for hydroxylation is 2. The zero-order valence-electron chi connectivity index (χ0n) is 9.03. The molecule has 0 aliphatic carbocycles. The molecule has 0 spiro atoms. The van der Waals surface area contributed by atoms with Gasteiger partial charge in [0.05, 0.1) is 0 Å². The fourth-order valence-electron chi connectivity index (χ4n) is 1.20. The summed E-state index contributed by atoms with van der Waals surface area (Å²) in [4.78, 5) is 0. The van der Waals surface area contributed by atoms with Crippen molar-refractivity contribution in [1.82, 2.24) is 10.2 Å². The third-order valence-electron chi connectivity index (χ3n) is 2.07. The largest absolute Gasteiger partial charge is 0.484 e. The van der Waals surface area contributed by atoms with E-state index in [2.05, 4.69) is 10.2 Å². The summed E-state index contributed by atoms with van der Waals surface area (Å²) < 4.78 is 23.6. The molecular weight excluding hydrogens is 211 g/mol. The summed E-state index contributed by atoms with van der Waals surface area (Å²) in [6.07, 6.45) is 0. The van der Waals surface area contributed by atoms with Crippen molar-refractivity contribution in [3.63, 3.8) is 0 Å². The van der Waals surface area contributed by atoms with Crippen LogP contribution in [0.15, 0.2) is 22.6 Å². The molecule has 5 heteroatoms. The van der Waals surface area contributed by atoms with Crippen LogP contribution in [-0.4, -0.2) is 10.2 Å². The smallest absolute Gasteiger partial charge is 0.253 e. The highest BCUT2D eigenvalue weighted by molar-refractivity contribution is 5.27. The highest BCUT2D eigenvalue weighted by Gasteiger charge is 2.04. The average molecular weight is 222 g/mol. The van der Waals surface area contributed by atoms with Gasteiger partial charge in [-0.15, -0.1) is 10.2 Å². The van der Waals surface area contributed by atoms with Crippen molar-refractivity contribution in [3.8, 4) is 5.75 Å². The van der Waals surface area contributed by atoms with Crippen LogP contribution in [0.25, 0.3) is 0 Å². The second-order valence-electron chi connectivity index (χ2n) is 3.41. The predicted molar refractivity (Wildman–Crippen MR) is 54.5 cm³/mol. The quantitative estimate of drug-likeness (QED) is 0.800. The van der Waals surface area contributed by atoms with Crippen LogP contribution in [0.3, 0.4) is 0 Å². The predicted octanol–water partition coefficient (Wildman–Crippen LogP) is 2.40. The van der Waals surface area contributed by atoms with Crippen molar-refractivity contribution in [3.05, 3.63) is 41.4 Å². The topological polar surface area (TPSA) is 48.2 Å². The zero-order chi connectivity index (χ0) is 11.5. The van der Waals surface area contributed by atoms with Gasteiger partial charge in [-0.25, -0.2) is 4.39 Å². The molecule has 1 aromatic heterocycles. The van der Waals surface area contributed by atoms with E-state index in [1.54, 1.807) is 26.0 Å². The number of aromatic nitrogens is 2. The molecule has 4 nitrogen and oxygen atoms in total. The summed E-state index contributed by atoms with van der Waals surface area (Å²) in [5.74, 6) is 1.00. The Bertz CT molecular complexity index is 496. The van der Waals surface area contributed by atoms with Gasteiger partial charge in [-0.3, -0.25) is 0 Å².